The summed E-state index contributed by atoms with van der Waals surface area (Å²) in [6, 6.07) is 9.59. The van der Waals surface area contributed by atoms with E-state index in [2.05, 4.69) is 21.2 Å². The van der Waals surface area contributed by atoms with Crippen LogP contribution in [0, 0.1) is 6.92 Å². The molecule has 0 aliphatic heterocycles. The number of methoxy groups -OCH3 is 2. The molecule has 0 bridgehead atoms. The van der Waals surface area contributed by atoms with Crippen molar-refractivity contribution in [1.29, 1.82) is 0 Å². The van der Waals surface area contributed by atoms with Crippen LogP contribution in [-0.4, -0.2) is 19.3 Å². The smallest absolute Gasteiger partial charge is 0.200 e. The van der Waals surface area contributed by atoms with Crippen molar-refractivity contribution < 1.29 is 14.6 Å². The third-order valence-corrected chi connectivity index (χ3v) is 4.15. The van der Waals surface area contributed by atoms with Gasteiger partial charge in [0.1, 0.15) is 0 Å². The molecule has 0 unspecified atom stereocenters. The number of ether oxygens (including phenoxy) is 2. The average Bonchev–Trinajstić information content (AvgIpc) is 2.49. The SMILES string of the molecule is COc1cc(CNc2cccc(Br)c2C)cc(OC)c1O. The van der Waals surface area contributed by atoms with Gasteiger partial charge in [0.15, 0.2) is 11.5 Å². The fraction of sp³-hybridized carbons (Fsp3) is 0.250. The second kappa shape index (κ2) is 6.72. The van der Waals surface area contributed by atoms with Crippen LogP contribution in [0.3, 0.4) is 0 Å². The molecule has 5 heteroatoms. The highest BCUT2D eigenvalue weighted by atomic mass is 79.9. The largest absolute Gasteiger partial charge is 0.502 e. The van der Waals surface area contributed by atoms with E-state index in [1.165, 1.54) is 14.2 Å². The summed E-state index contributed by atoms with van der Waals surface area (Å²) in [5.41, 5.74) is 3.16. The van der Waals surface area contributed by atoms with Gasteiger partial charge in [0.05, 0.1) is 14.2 Å². The fourth-order valence-electron chi connectivity index (χ4n) is 2.05. The number of rotatable bonds is 5. The van der Waals surface area contributed by atoms with Crippen LogP contribution in [-0.2, 0) is 6.54 Å². The molecule has 0 heterocycles. The number of benzene rings is 2. The van der Waals surface area contributed by atoms with Gasteiger partial charge in [0.2, 0.25) is 5.75 Å². The molecule has 0 atom stereocenters. The number of hydrogen-bond acceptors (Lipinski definition) is 4. The molecule has 0 spiro atoms. The van der Waals surface area contributed by atoms with Gasteiger partial charge in [-0.05, 0) is 42.3 Å². The van der Waals surface area contributed by atoms with Crippen LogP contribution in [0.15, 0.2) is 34.8 Å². The molecule has 0 aromatic heterocycles. The second-order valence-electron chi connectivity index (χ2n) is 4.61. The Morgan fingerprint density at radius 2 is 1.76 bits per heavy atom. The Labute approximate surface area is 132 Å². The lowest BCUT2D eigenvalue weighted by molar-refractivity contribution is 0.339. The lowest BCUT2D eigenvalue weighted by Gasteiger charge is -2.14. The first kappa shape index (κ1) is 15.5. The van der Waals surface area contributed by atoms with Gasteiger partial charge in [-0.3, -0.25) is 0 Å². The van der Waals surface area contributed by atoms with Gasteiger partial charge >= 0.3 is 0 Å². The van der Waals surface area contributed by atoms with E-state index >= 15 is 0 Å². The van der Waals surface area contributed by atoms with Gasteiger partial charge in [-0.1, -0.05) is 22.0 Å². The summed E-state index contributed by atoms with van der Waals surface area (Å²) in [6.45, 7) is 2.65. The number of halogens is 1. The van der Waals surface area contributed by atoms with Crippen molar-refractivity contribution in [3.63, 3.8) is 0 Å². The third-order valence-electron chi connectivity index (χ3n) is 3.29. The van der Waals surface area contributed by atoms with Crippen molar-refractivity contribution in [2.45, 2.75) is 13.5 Å². The molecule has 2 N–H and O–H groups in total. The predicted octanol–water partition coefficient (Wildman–Crippen LogP) is 4.09. The van der Waals surface area contributed by atoms with Crippen molar-refractivity contribution in [3.8, 4) is 17.2 Å². The summed E-state index contributed by atoms with van der Waals surface area (Å²) < 4.78 is 11.4. The Bertz CT molecular complexity index is 618. The van der Waals surface area contributed by atoms with E-state index in [0.717, 1.165) is 21.3 Å². The minimum atomic E-state index is 0.0161. The highest BCUT2D eigenvalue weighted by Gasteiger charge is 2.11. The molecule has 2 aromatic rings. The Balaban J connectivity index is 2.22. The lowest BCUT2D eigenvalue weighted by atomic mass is 10.1. The lowest BCUT2D eigenvalue weighted by Crippen LogP contribution is -2.02. The third kappa shape index (κ3) is 3.42. The summed E-state index contributed by atoms with van der Waals surface area (Å²) in [7, 11) is 3.04. The summed E-state index contributed by atoms with van der Waals surface area (Å²) in [5.74, 6) is 0.816. The Morgan fingerprint density at radius 1 is 1.14 bits per heavy atom. The maximum atomic E-state index is 9.90. The first-order valence-corrected chi connectivity index (χ1v) is 7.29. The number of anilines is 1. The zero-order chi connectivity index (χ0) is 15.4. The van der Waals surface area contributed by atoms with E-state index in [1.54, 1.807) is 12.1 Å². The molecule has 0 radical (unpaired) electrons. The number of hydrogen-bond donors (Lipinski definition) is 2. The van der Waals surface area contributed by atoms with Gasteiger partial charge in [-0.25, -0.2) is 0 Å². The normalized spacial score (nSPS) is 10.3. The molecule has 0 amide bonds. The van der Waals surface area contributed by atoms with Crippen molar-refractivity contribution in [2.24, 2.45) is 0 Å². The highest BCUT2D eigenvalue weighted by Crippen LogP contribution is 2.37. The van der Waals surface area contributed by atoms with E-state index in [9.17, 15) is 5.11 Å². The molecule has 21 heavy (non-hydrogen) atoms. The van der Waals surface area contributed by atoms with Crippen LogP contribution in [0.5, 0.6) is 17.2 Å². The molecule has 2 aromatic carbocycles. The Hall–Kier alpha value is -1.88. The Morgan fingerprint density at radius 3 is 2.33 bits per heavy atom. The molecular formula is C16H18BrNO3. The van der Waals surface area contributed by atoms with Crippen LogP contribution >= 0.6 is 15.9 Å². The molecular weight excluding hydrogens is 334 g/mol. The van der Waals surface area contributed by atoms with Gasteiger partial charge in [0, 0.05) is 16.7 Å². The first-order chi connectivity index (χ1) is 10.1. The number of phenols is 1. The Kier molecular flexibility index (Phi) is 4.96. The van der Waals surface area contributed by atoms with Gasteiger partial charge in [-0.15, -0.1) is 0 Å². The monoisotopic (exact) mass is 351 g/mol. The van der Waals surface area contributed by atoms with Crippen LogP contribution in [0.1, 0.15) is 11.1 Å². The summed E-state index contributed by atoms with van der Waals surface area (Å²) in [6.07, 6.45) is 0. The van der Waals surface area contributed by atoms with Crippen LogP contribution < -0.4 is 14.8 Å². The van der Waals surface area contributed by atoms with Crippen LogP contribution in [0.25, 0.3) is 0 Å². The average molecular weight is 352 g/mol. The molecule has 112 valence electrons. The zero-order valence-corrected chi connectivity index (χ0v) is 13.8. The van der Waals surface area contributed by atoms with Crippen LogP contribution in [0.2, 0.25) is 0 Å². The van der Waals surface area contributed by atoms with Gasteiger partial charge in [0.25, 0.3) is 0 Å². The van der Waals surface area contributed by atoms with E-state index in [-0.39, 0.29) is 5.75 Å². The van der Waals surface area contributed by atoms with Gasteiger partial charge < -0.3 is 19.9 Å². The molecule has 0 saturated carbocycles. The topological polar surface area (TPSA) is 50.7 Å². The highest BCUT2D eigenvalue weighted by molar-refractivity contribution is 9.10. The van der Waals surface area contributed by atoms with E-state index in [0.29, 0.717) is 18.0 Å². The zero-order valence-electron chi connectivity index (χ0n) is 12.2. The second-order valence-corrected chi connectivity index (χ2v) is 5.47. The maximum Gasteiger partial charge on any atom is 0.200 e. The molecule has 4 nitrogen and oxygen atoms in total. The molecule has 0 aliphatic carbocycles. The summed E-state index contributed by atoms with van der Waals surface area (Å²) >= 11 is 3.51. The minimum Gasteiger partial charge on any atom is -0.502 e. The van der Waals surface area contributed by atoms with Crippen LogP contribution in [0.4, 0.5) is 5.69 Å². The van der Waals surface area contributed by atoms with Crippen molar-refractivity contribution in [2.75, 3.05) is 19.5 Å². The summed E-state index contributed by atoms with van der Waals surface area (Å²) in [4.78, 5) is 0. The number of phenolic OH excluding ortho intramolecular Hbond substituents is 1. The molecule has 0 saturated heterocycles. The van der Waals surface area contributed by atoms with Crippen molar-refractivity contribution in [1.82, 2.24) is 0 Å². The van der Waals surface area contributed by atoms with Crippen molar-refractivity contribution >= 4 is 21.6 Å². The minimum absolute atomic E-state index is 0.0161. The first-order valence-electron chi connectivity index (χ1n) is 6.49. The number of nitrogens with one attached hydrogen (secondary N) is 1. The number of aromatic hydroxyl groups is 1. The van der Waals surface area contributed by atoms with E-state index in [1.807, 2.05) is 25.1 Å². The van der Waals surface area contributed by atoms with Gasteiger partial charge in [-0.2, -0.15) is 0 Å². The standard InChI is InChI=1S/C16H18BrNO3/c1-10-12(17)5-4-6-13(10)18-9-11-7-14(20-2)16(19)15(8-11)21-3/h4-8,18-19H,9H2,1-3H3. The maximum absolute atomic E-state index is 9.90. The predicted molar refractivity (Wildman–Crippen MR) is 87.4 cm³/mol. The fourth-order valence-corrected chi connectivity index (χ4v) is 2.41. The van der Waals surface area contributed by atoms with E-state index < -0.39 is 0 Å². The molecule has 0 fully saturated rings. The molecule has 0 aliphatic rings. The molecule has 2 rings (SSSR count). The van der Waals surface area contributed by atoms with E-state index in [4.69, 9.17) is 9.47 Å². The summed E-state index contributed by atoms with van der Waals surface area (Å²) in [5, 5.41) is 13.3. The van der Waals surface area contributed by atoms with Crippen molar-refractivity contribution in [3.05, 3.63) is 45.9 Å². The quantitative estimate of drug-likeness (QED) is 0.851.